The van der Waals surface area contributed by atoms with Gasteiger partial charge >= 0.3 is 23.9 Å². The molecule has 0 radical (unpaired) electrons. The summed E-state index contributed by atoms with van der Waals surface area (Å²) in [7, 11) is 0. The van der Waals surface area contributed by atoms with Crippen LogP contribution in [0.3, 0.4) is 0 Å². The molecule has 0 aromatic heterocycles. The monoisotopic (exact) mass is 378 g/mol. The molecule has 0 saturated carbocycles. The molecule has 2 atom stereocenters. The SMILES string of the molecule is CC(OC(=O)CCCCC(=O)OC(C)C(=O)OCCO)C(=O)OCCO. The maximum Gasteiger partial charge on any atom is 0.347 e. The van der Waals surface area contributed by atoms with Crippen molar-refractivity contribution in [3.8, 4) is 0 Å². The van der Waals surface area contributed by atoms with Crippen LogP contribution in [-0.4, -0.2) is 72.7 Å². The predicted molar refractivity (Wildman–Crippen MR) is 85.7 cm³/mol. The average molecular weight is 378 g/mol. The van der Waals surface area contributed by atoms with Gasteiger partial charge < -0.3 is 29.2 Å². The molecule has 10 nitrogen and oxygen atoms in total. The lowest BCUT2D eigenvalue weighted by atomic mass is 10.2. The van der Waals surface area contributed by atoms with Gasteiger partial charge in [0.15, 0.2) is 12.2 Å². The zero-order chi connectivity index (χ0) is 19.9. The molecule has 10 heteroatoms. The van der Waals surface area contributed by atoms with E-state index >= 15 is 0 Å². The van der Waals surface area contributed by atoms with E-state index in [4.69, 9.17) is 19.7 Å². The van der Waals surface area contributed by atoms with Crippen LogP contribution < -0.4 is 0 Å². The standard InChI is InChI=1S/C16H26O10/c1-11(15(21)23-9-7-17)25-13(19)5-3-4-6-14(20)26-12(2)16(22)24-10-8-18/h11-12,17-18H,3-10H2,1-2H3. The molecule has 0 bridgehead atoms. The zero-order valence-corrected chi connectivity index (χ0v) is 15.0. The van der Waals surface area contributed by atoms with E-state index in [1.165, 1.54) is 13.8 Å². The van der Waals surface area contributed by atoms with Crippen molar-refractivity contribution in [2.75, 3.05) is 26.4 Å². The fourth-order valence-corrected chi connectivity index (χ4v) is 1.67. The Bertz CT molecular complexity index is 420. The zero-order valence-electron chi connectivity index (χ0n) is 15.0. The molecule has 0 aliphatic rings. The van der Waals surface area contributed by atoms with E-state index in [9.17, 15) is 19.2 Å². The van der Waals surface area contributed by atoms with E-state index in [0.717, 1.165) is 0 Å². The van der Waals surface area contributed by atoms with E-state index in [1.54, 1.807) is 0 Å². The second-order valence-electron chi connectivity index (χ2n) is 5.25. The van der Waals surface area contributed by atoms with Crippen molar-refractivity contribution in [3.05, 3.63) is 0 Å². The first-order chi connectivity index (χ1) is 12.3. The summed E-state index contributed by atoms with van der Waals surface area (Å²) in [5, 5.41) is 17.1. The lowest BCUT2D eigenvalue weighted by molar-refractivity contribution is -0.167. The first-order valence-corrected chi connectivity index (χ1v) is 8.25. The van der Waals surface area contributed by atoms with E-state index in [2.05, 4.69) is 9.47 Å². The lowest BCUT2D eigenvalue weighted by Crippen LogP contribution is -2.27. The van der Waals surface area contributed by atoms with Gasteiger partial charge in [0.2, 0.25) is 0 Å². The molecule has 0 aromatic carbocycles. The predicted octanol–water partition coefficient (Wildman–Crippen LogP) is -0.519. The van der Waals surface area contributed by atoms with E-state index in [0.29, 0.717) is 12.8 Å². The van der Waals surface area contributed by atoms with Crippen LogP contribution in [0.1, 0.15) is 39.5 Å². The Labute approximate surface area is 151 Å². The van der Waals surface area contributed by atoms with Crippen molar-refractivity contribution in [2.45, 2.75) is 51.7 Å². The first-order valence-electron chi connectivity index (χ1n) is 8.25. The molecule has 26 heavy (non-hydrogen) atoms. The van der Waals surface area contributed by atoms with Gasteiger partial charge in [0.1, 0.15) is 13.2 Å². The molecule has 0 spiro atoms. The molecule has 0 heterocycles. The molecule has 0 aromatic rings. The summed E-state index contributed by atoms with van der Waals surface area (Å²) < 4.78 is 18.9. The molecular formula is C16H26O10. The Kier molecular flexibility index (Phi) is 12.8. The van der Waals surface area contributed by atoms with Gasteiger partial charge in [-0.2, -0.15) is 0 Å². The summed E-state index contributed by atoms with van der Waals surface area (Å²) in [6, 6.07) is 0. The molecular weight excluding hydrogens is 352 g/mol. The van der Waals surface area contributed by atoms with Crippen molar-refractivity contribution >= 4 is 23.9 Å². The molecule has 0 rings (SSSR count). The van der Waals surface area contributed by atoms with Crippen molar-refractivity contribution in [1.82, 2.24) is 0 Å². The second kappa shape index (κ2) is 14.0. The van der Waals surface area contributed by atoms with Crippen molar-refractivity contribution < 1.29 is 48.3 Å². The minimum atomic E-state index is -1.08. The molecule has 0 amide bonds. The molecule has 0 saturated heterocycles. The quantitative estimate of drug-likeness (QED) is 0.244. The first kappa shape index (κ1) is 23.8. The highest BCUT2D eigenvalue weighted by atomic mass is 16.6. The number of esters is 4. The number of hydrogen-bond donors (Lipinski definition) is 2. The Morgan fingerprint density at radius 3 is 1.38 bits per heavy atom. The summed E-state index contributed by atoms with van der Waals surface area (Å²) in [5.74, 6) is -2.74. The number of carbonyl (C=O) groups is 4. The van der Waals surface area contributed by atoms with Gasteiger partial charge in [-0.15, -0.1) is 0 Å². The lowest BCUT2D eigenvalue weighted by Gasteiger charge is -2.13. The number of aliphatic hydroxyl groups excluding tert-OH is 2. The normalized spacial score (nSPS) is 12.6. The van der Waals surface area contributed by atoms with Gasteiger partial charge in [0, 0.05) is 12.8 Å². The molecule has 2 unspecified atom stereocenters. The van der Waals surface area contributed by atoms with Crippen LogP contribution in [0.4, 0.5) is 0 Å². The highest BCUT2D eigenvalue weighted by Gasteiger charge is 2.20. The summed E-state index contributed by atoms with van der Waals surface area (Å²) >= 11 is 0. The Morgan fingerprint density at radius 2 is 1.08 bits per heavy atom. The number of unbranched alkanes of at least 4 members (excludes halogenated alkanes) is 1. The minimum absolute atomic E-state index is 0.000997. The smallest absolute Gasteiger partial charge is 0.347 e. The number of aliphatic hydroxyl groups is 2. The Hall–Kier alpha value is -2.20. The third-order valence-corrected chi connectivity index (χ3v) is 2.96. The highest BCUT2D eigenvalue weighted by molar-refractivity contribution is 5.79. The van der Waals surface area contributed by atoms with Crippen LogP contribution >= 0.6 is 0 Å². The van der Waals surface area contributed by atoms with Crippen LogP contribution in [0.15, 0.2) is 0 Å². The van der Waals surface area contributed by atoms with Crippen molar-refractivity contribution in [3.63, 3.8) is 0 Å². The molecule has 150 valence electrons. The van der Waals surface area contributed by atoms with E-state index in [-0.39, 0.29) is 39.3 Å². The van der Waals surface area contributed by atoms with Gasteiger partial charge in [-0.05, 0) is 26.7 Å². The minimum Gasteiger partial charge on any atom is -0.461 e. The summed E-state index contributed by atoms with van der Waals surface area (Å²) in [6.07, 6.45) is -1.50. The second-order valence-corrected chi connectivity index (χ2v) is 5.25. The third-order valence-electron chi connectivity index (χ3n) is 2.96. The fourth-order valence-electron chi connectivity index (χ4n) is 1.67. The van der Waals surface area contributed by atoms with Crippen LogP contribution in [-0.2, 0) is 38.1 Å². The van der Waals surface area contributed by atoms with Crippen molar-refractivity contribution in [1.29, 1.82) is 0 Å². The fraction of sp³-hybridized carbons (Fsp3) is 0.750. The van der Waals surface area contributed by atoms with Crippen LogP contribution in [0.5, 0.6) is 0 Å². The summed E-state index contributed by atoms with van der Waals surface area (Å²) in [5.41, 5.74) is 0. The van der Waals surface area contributed by atoms with Gasteiger partial charge in [0.25, 0.3) is 0 Å². The Balaban J connectivity index is 3.90. The Morgan fingerprint density at radius 1 is 0.731 bits per heavy atom. The number of ether oxygens (including phenoxy) is 4. The van der Waals surface area contributed by atoms with Crippen LogP contribution in [0, 0.1) is 0 Å². The van der Waals surface area contributed by atoms with Gasteiger partial charge in [-0.25, -0.2) is 9.59 Å². The number of carbonyl (C=O) groups excluding carboxylic acids is 4. The topological polar surface area (TPSA) is 146 Å². The van der Waals surface area contributed by atoms with Crippen molar-refractivity contribution in [2.24, 2.45) is 0 Å². The molecule has 2 N–H and O–H groups in total. The molecule has 0 aliphatic carbocycles. The van der Waals surface area contributed by atoms with Gasteiger partial charge in [-0.3, -0.25) is 9.59 Å². The summed E-state index contributed by atoms with van der Waals surface area (Å²) in [6.45, 7) is 1.72. The van der Waals surface area contributed by atoms with E-state index in [1.807, 2.05) is 0 Å². The number of hydrogen-bond acceptors (Lipinski definition) is 10. The van der Waals surface area contributed by atoms with Gasteiger partial charge in [-0.1, -0.05) is 0 Å². The largest absolute Gasteiger partial charge is 0.461 e. The third kappa shape index (κ3) is 11.4. The number of rotatable bonds is 13. The maximum absolute atomic E-state index is 11.6. The molecule has 0 aliphatic heterocycles. The van der Waals surface area contributed by atoms with E-state index < -0.39 is 36.1 Å². The maximum atomic E-state index is 11.6. The summed E-state index contributed by atoms with van der Waals surface area (Å²) in [4.78, 5) is 45.8. The van der Waals surface area contributed by atoms with Crippen LogP contribution in [0.25, 0.3) is 0 Å². The highest BCUT2D eigenvalue weighted by Crippen LogP contribution is 2.07. The molecule has 0 fully saturated rings. The van der Waals surface area contributed by atoms with Gasteiger partial charge in [0.05, 0.1) is 13.2 Å². The average Bonchev–Trinajstić information content (AvgIpc) is 2.60. The van der Waals surface area contributed by atoms with Crippen LogP contribution in [0.2, 0.25) is 0 Å².